The van der Waals surface area contributed by atoms with E-state index >= 15 is 0 Å². The first-order chi connectivity index (χ1) is 8.06. The molecule has 0 heterocycles. The van der Waals surface area contributed by atoms with Crippen LogP contribution < -0.4 is 10.6 Å². The number of carbonyl (C=O) groups excluding carboxylic acids is 1. The smallest absolute Gasteiger partial charge is 0.227 e. The molecule has 94 valence electrons. The monoisotopic (exact) mass is 234 g/mol. The van der Waals surface area contributed by atoms with Crippen molar-refractivity contribution in [2.45, 2.75) is 33.6 Å². The van der Waals surface area contributed by atoms with Gasteiger partial charge in [0.2, 0.25) is 5.91 Å². The molecular weight excluding hydrogens is 212 g/mol. The Hall–Kier alpha value is -1.51. The summed E-state index contributed by atoms with van der Waals surface area (Å²) < 4.78 is 0. The molecule has 0 saturated heterocycles. The Labute approximate surface area is 104 Å². The van der Waals surface area contributed by atoms with Gasteiger partial charge in [0.05, 0.1) is 11.4 Å². The lowest BCUT2D eigenvalue weighted by Gasteiger charge is -2.24. The summed E-state index contributed by atoms with van der Waals surface area (Å²) in [6.07, 6.45) is 1.49. The van der Waals surface area contributed by atoms with Gasteiger partial charge in [0, 0.05) is 13.0 Å². The molecule has 1 amide bonds. The van der Waals surface area contributed by atoms with Gasteiger partial charge < -0.3 is 10.6 Å². The molecule has 0 fully saturated rings. The summed E-state index contributed by atoms with van der Waals surface area (Å²) in [5, 5.41) is 0. The predicted octanol–water partition coefficient (Wildman–Crippen LogP) is 3.06. The molecule has 1 rings (SSSR count). The molecule has 0 atom stereocenters. The summed E-state index contributed by atoms with van der Waals surface area (Å²) in [4.78, 5) is 14.0. The van der Waals surface area contributed by atoms with Gasteiger partial charge >= 0.3 is 0 Å². The average molecular weight is 234 g/mol. The van der Waals surface area contributed by atoms with Crippen LogP contribution in [-0.4, -0.2) is 12.5 Å². The highest BCUT2D eigenvalue weighted by atomic mass is 16.2. The summed E-state index contributed by atoms with van der Waals surface area (Å²) in [5.41, 5.74) is 7.42. The van der Waals surface area contributed by atoms with Gasteiger partial charge in [0.25, 0.3) is 0 Å². The largest absolute Gasteiger partial charge is 0.397 e. The van der Waals surface area contributed by atoms with Crippen LogP contribution in [0.2, 0.25) is 0 Å². The molecule has 1 aromatic carbocycles. The molecule has 0 spiro atoms. The molecule has 0 aliphatic heterocycles. The third kappa shape index (κ3) is 3.77. The van der Waals surface area contributed by atoms with Crippen molar-refractivity contribution in [2.24, 2.45) is 5.92 Å². The highest BCUT2D eigenvalue weighted by molar-refractivity contribution is 5.96. The van der Waals surface area contributed by atoms with Crippen molar-refractivity contribution in [3.8, 4) is 0 Å². The standard InChI is InChI=1S/C14H22N2O/c1-4-9-16(14(17)10-11(2)3)13-8-6-5-7-12(13)15/h5-8,11H,4,9-10,15H2,1-3H3. The number of hydrogen-bond donors (Lipinski definition) is 1. The first-order valence-electron chi connectivity index (χ1n) is 6.21. The molecule has 3 heteroatoms. The van der Waals surface area contributed by atoms with E-state index in [4.69, 9.17) is 5.73 Å². The molecule has 0 unspecified atom stereocenters. The van der Waals surface area contributed by atoms with E-state index < -0.39 is 0 Å². The lowest BCUT2D eigenvalue weighted by atomic mass is 10.1. The number of hydrogen-bond acceptors (Lipinski definition) is 2. The number of carbonyl (C=O) groups is 1. The maximum absolute atomic E-state index is 12.2. The minimum Gasteiger partial charge on any atom is -0.397 e. The topological polar surface area (TPSA) is 46.3 Å². The molecule has 17 heavy (non-hydrogen) atoms. The summed E-state index contributed by atoms with van der Waals surface area (Å²) in [5.74, 6) is 0.520. The van der Waals surface area contributed by atoms with E-state index in [0.29, 0.717) is 18.0 Å². The average Bonchev–Trinajstić information content (AvgIpc) is 2.26. The van der Waals surface area contributed by atoms with Crippen LogP contribution in [0.15, 0.2) is 24.3 Å². The Morgan fingerprint density at radius 3 is 2.53 bits per heavy atom. The maximum Gasteiger partial charge on any atom is 0.227 e. The number of rotatable bonds is 5. The molecule has 0 radical (unpaired) electrons. The van der Waals surface area contributed by atoms with Crippen molar-refractivity contribution in [3.05, 3.63) is 24.3 Å². The number of benzene rings is 1. The van der Waals surface area contributed by atoms with Gasteiger partial charge in [-0.1, -0.05) is 32.9 Å². The fourth-order valence-corrected chi connectivity index (χ4v) is 1.80. The number of nitrogen functional groups attached to an aromatic ring is 1. The first-order valence-corrected chi connectivity index (χ1v) is 6.21. The summed E-state index contributed by atoms with van der Waals surface area (Å²) >= 11 is 0. The van der Waals surface area contributed by atoms with E-state index in [-0.39, 0.29) is 5.91 Å². The number of anilines is 2. The van der Waals surface area contributed by atoms with Gasteiger partial charge in [-0.3, -0.25) is 4.79 Å². The lowest BCUT2D eigenvalue weighted by molar-refractivity contribution is -0.119. The van der Waals surface area contributed by atoms with Crippen LogP contribution in [0.3, 0.4) is 0 Å². The van der Waals surface area contributed by atoms with E-state index in [1.807, 2.05) is 24.3 Å². The second-order valence-corrected chi connectivity index (χ2v) is 4.70. The van der Waals surface area contributed by atoms with E-state index in [1.54, 1.807) is 4.90 Å². The fraction of sp³-hybridized carbons (Fsp3) is 0.500. The second kappa shape index (κ2) is 6.28. The minimum absolute atomic E-state index is 0.153. The van der Waals surface area contributed by atoms with Crippen molar-refractivity contribution in [2.75, 3.05) is 17.2 Å². The number of para-hydroxylation sites is 2. The lowest BCUT2D eigenvalue weighted by Crippen LogP contribution is -2.33. The van der Waals surface area contributed by atoms with Crippen molar-refractivity contribution >= 4 is 17.3 Å². The Morgan fingerprint density at radius 1 is 1.35 bits per heavy atom. The van der Waals surface area contributed by atoms with Gasteiger partial charge in [-0.2, -0.15) is 0 Å². The van der Waals surface area contributed by atoms with Gasteiger partial charge in [-0.05, 0) is 24.5 Å². The fourth-order valence-electron chi connectivity index (χ4n) is 1.80. The van der Waals surface area contributed by atoms with Crippen molar-refractivity contribution in [1.29, 1.82) is 0 Å². The summed E-state index contributed by atoms with van der Waals surface area (Å²) in [6.45, 7) is 6.89. The molecule has 0 aliphatic rings. The Kier molecular flexibility index (Phi) is 5.01. The number of amides is 1. The highest BCUT2D eigenvalue weighted by Gasteiger charge is 2.17. The van der Waals surface area contributed by atoms with Crippen LogP contribution in [0.1, 0.15) is 33.6 Å². The van der Waals surface area contributed by atoms with Crippen LogP contribution in [0, 0.1) is 5.92 Å². The van der Waals surface area contributed by atoms with Gasteiger partial charge in [0.1, 0.15) is 0 Å². The molecule has 2 N–H and O–H groups in total. The van der Waals surface area contributed by atoms with Crippen LogP contribution in [0.5, 0.6) is 0 Å². The third-order valence-corrected chi connectivity index (χ3v) is 2.56. The Balaban J connectivity index is 2.93. The van der Waals surface area contributed by atoms with Crippen molar-refractivity contribution in [3.63, 3.8) is 0 Å². The zero-order valence-corrected chi connectivity index (χ0v) is 10.9. The predicted molar refractivity (Wildman–Crippen MR) is 73.0 cm³/mol. The van der Waals surface area contributed by atoms with Crippen LogP contribution in [0.4, 0.5) is 11.4 Å². The van der Waals surface area contributed by atoms with E-state index in [0.717, 1.165) is 18.7 Å². The zero-order valence-electron chi connectivity index (χ0n) is 10.9. The summed E-state index contributed by atoms with van der Waals surface area (Å²) in [6, 6.07) is 7.54. The Bertz CT molecular complexity index is 374. The molecule has 3 nitrogen and oxygen atoms in total. The number of nitrogens with zero attached hydrogens (tertiary/aromatic N) is 1. The quantitative estimate of drug-likeness (QED) is 0.796. The highest BCUT2D eigenvalue weighted by Crippen LogP contribution is 2.24. The first kappa shape index (κ1) is 13.6. The van der Waals surface area contributed by atoms with E-state index in [1.165, 1.54) is 0 Å². The van der Waals surface area contributed by atoms with Crippen LogP contribution in [-0.2, 0) is 4.79 Å². The van der Waals surface area contributed by atoms with Crippen LogP contribution >= 0.6 is 0 Å². The molecule has 0 saturated carbocycles. The van der Waals surface area contributed by atoms with Crippen molar-refractivity contribution < 1.29 is 4.79 Å². The molecule has 1 aromatic rings. The summed E-state index contributed by atoms with van der Waals surface area (Å²) in [7, 11) is 0. The maximum atomic E-state index is 12.2. The third-order valence-electron chi connectivity index (χ3n) is 2.56. The van der Waals surface area contributed by atoms with E-state index in [2.05, 4.69) is 20.8 Å². The number of nitrogens with two attached hydrogens (primary N) is 1. The minimum atomic E-state index is 0.153. The second-order valence-electron chi connectivity index (χ2n) is 4.70. The SMILES string of the molecule is CCCN(C(=O)CC(C)C)c1ccccc1N. The van der Waals surface area contributed by atoms with Gasteiger partial charge in [0.15, 0.2) is 0 Å². The van der Waals surface area contributed by atoms with Gasteiger partial charge in [-0.15, -0.1) is 0 Å². The molecule has 0 bridgehead atoms. The van der Waals surface area contributed by atoms with E-state index in [9.17, 15) is 4.79 Å². The Morgan fingerprint density at radius 2 is 2.00 bits per heavy atom. The van der Waals surface area contributed by atoms with Crippen molar-refractivity contribution in [1.82, 2.24) is 0 Å². The molecular formula is C14H22N2O. The molecule has 0 aromatic heterocycles. The normalized spacial score (nSPS) is 10.6. The van der Waals surface area contributed by atoms with Gasteiger partial charge in [-0.25, -0.2) is 0 Å². The van der Waals surface area contributed by atoms with Crippen LogP contribution in [0.25, 0.3) is 0 Å². The zero-order chi connectivity index (χ0) is 12.8. The molecule has 0 aliphatic carbocycles.